The Balaban J connectivity index is 2.48. The number of methoxy groups -OCH3 is 1. The number of alkyl carbamates (subject to hydrolysis) is 1. The number of hydrogen-bond acceptors (Lipinski definition) is 5. The molecule has 0 bridgehead atoms. The lowest BCUT2D eigenvalue weighted by molar-refractivity contribution is 0.0529. The fourth-order valence-corrected chi connectivity index (χ4v) is 2.67. The maximum Gasteiger partial charge on any atom is 0.407 e. The number of benzene rings is 1. The van der Waals surface area contributed by atoms with Crippen molar-refractivity contribution in [2.24, 2.45) is 0 Å². The van der Waals surface area contributed by atoms with E-state index in [0.717, 1.165) is 5.41 Å². The van der Waals surface area contributed by atoms with Gasteiger partial charge in [0.2, 0.25) is 0 Å². The van der Waals surface area contributed by atoms with Crippen LogP contribution < -0.4 is 10.1 Å². The summed E-state index contributed by atoms with van der Waals surface area (Å²) in [5.41, 5.74) is -0.558. The van der Waals surface area contributed by atoms with Crippen molar-refractivity contribution in [2.75, 3.05) is 13.7 Å². The van der Waals surface area contributed by atoms with Crippen LogP contribution in [0.15, 0.2) is 40.6 Å². The van der Waals surface area contributed by atoms with Gasteiger partial charge in [-0.25, -0.2) is 13.2 Å². The largest absolute Gasteiger partial charge is 0.497 e. The molecule has 0 heterocycles. The standard InChI is InChI=1S/C16H23NO5S/c1-16(2,3)22-15(18)17-11-5-6-12-23(19,20)14-9-7-13(21-4)8-10-14/h6-10,12H,5,11H2,1-4H3,(H,17,18)/b12-6+. The van der Waals surface area contributed by atoms with Crippen molar-refractivity contribution < 1.29 is 22.7 Å². The van der Waals surface area contributed by atoms with Gasteiger partial charge in [-0.15, -0.1) is 0 Å². The zero-order valence-electron chi connectivity index (χ0n) is 13.8. The molecule has 0 fully saturated rings. The normalized spacial score (nSPS) is 12.2. The Bertz CT molecular complexity index is 642. The van der Waals surface area contributed by atoms with Crippen molar-refractivity contribution in [3.63, 3.8) is 0 Å². The zero-order chi connectivity index (χ0) is 17.5. The van der Waals surface area contributed by atoms with Crippen LogP contribution in [0.1, 0.15) is 27.2 Å². The number of hydrogen-bond donors (Lipinski definition) is 1. The minimum atomic E-state index is -3.49. The topological polar surface area (TPSA) is 81.7 Å². The summed E-state index contributed by atoms with van der Waals surface area (Å²) < 4.78 is 34.2. The van der Waals surface area contributed by atoms with E-state index >= 15 is 0 Å². The van der Waals surface area contributed by atoms with Crippen LogP contribution in [-0.4, -0.2) is 33.8 Å². The summed E-state index contributed by atoms with van der Waals surface area (Å²) in [4.78, 5) is 11.6. The van der Waals surface area contributed by atoms with Crippen molar-refractivity contribution >= 4 is 15.9 Å². The molecule has 0 aliphatic rings. The van der Waals surface area contributed by atoms with E-state index in [1.54, 1.807) is 32.9 Å². The quantitative estimate of drug-likeness (QED) is 0.805. The second-order valence-corrected chi connectivity index (χ2v) is 7.64. The van der Waals surface area contributed by atoms with Crippen LogP contribution >= 0.6 is 0 Å². The van der Waals surface area contributed by atoms with Crippen molar-refractivity contribution in [3.05, 3.63) is 35.7 Å². The molecule has 0 radical (unpaired) electrons. The highest BCUT2D eigenvalue weighted by atomic mass is 32.2. The molecule has 0 saturated carbocycles. The molecule has 7 heteroatoms. The summed E-state index contributed by atoms with van der Waals surface area (Å²) in [5, 5.41) is 3.69. The molecular formula is C16H23NO5S. The molecular weight excluding hydrogens is 318 g/mol. The molecule has 0 unspecified atom stereocenters. The first-order valence-electron chi connectivity index (χ1n) is 7.16. The first-order valence-corrected chi connectivity index (χ1v) is 8.71. The minimum absolute atomic E-state index is 0.189. The van der Waals surface area contributed by atoms with E-state index in [-0.39, 0.29) is 4.90 Å². The van der Waals surface area contributed by atoms with E-state index in [9.17, 15) is 13.2 Å². The first-order chi connectivity index (χ1) is 10.6. The SMILES string of the molecule is COc1ccc(S(=O)(=O)/C=C/CCNC(=O)OC(C)(C)C)cc1. The third-order valence-electron chi connectivity index (χ3n) is 2.64. The molecule has 0 aliphatic carbocycles. The lowest BCUT2D eigenvalue weighted by Gasteiger charge is -2.19. The maximum atomic E-state index is 12.1. The Hall–Kier alpha value is -2.02. The van der Waals surface area contributed by atoms with Gasteiger partial charge in [0.05, 0.1) is 12.0 Å². The highest BCUT2D eigenvalue weighted by Gasteiger charge is 2.15. The van der Waals surface area contributed by atoms with Gasteiger partial charge < -0.3 is 14.8 Å². The zero-order valence-corrected chi connectivity index (χ0v) is 14.6. The van der Waals surface area contributed by atoms with E-state index in [1.165, 1.54) is 25.3 Å². The van der Waals surface area contributed by atoms with E-state index in [0.29, 0.717) is 18.7 Å². The maximum absolute atomic E-state index is 12.1. The lowest BCUT2D eigenvalue weighted by Crippen LogP contribution is -2.32. The molecule has 0 atom stereocenters. The smallest absolute Gasteiger partial charge is 0.407 e. The Morgan fingerprint density at radius 1 is 1.22 bits per heavy atom. The molecule has 23 heavy (non-hydrogen) atoms. The highest BCUT2D eigenvalue weighted by Crippen LogP contribution is 2.17. The van der Waals surface area contributed by atoms with Gasteiger partial charge in [-0.2, -0.15) is 0 Å². The number of sulfone groups is 1. The van der Waals surface area contributed by atoms with Gasteiger partial charge in [0.15, 0.2) is 9.84 Å². The third kappa shape index (κ3) is 7.19. The average molecular weight is 341 g/mol. The van der Waals surface area contributed by atoms with Crippen LogP contribution in [0, 0.1) is 0 Å². The summed E-state index contributed by atoms with van der Waals surface area (Å²) in [7, 11) is -1.98. The molecule has 128 valence electrons. The van der Waals surface area contributed by atoms with Crippen molar-refractivity contribution in [3.8, 4) is 5.75 Å². The Labute approximate surface area is 137 Å². The summed E-state index contributed by atoms with van der Waals surface area (Å²) in [6.45, 7) is 5.61. The fourth-order valence-electron chi connectivity index (χ4n) is 1.61. The van der Waals surface area contributed by atoms with E-state index in [1.807, 2.05) is 0 Å². The summed E-state index contributed by atoms with van der Waals surface area (Å²) in [6.07, 6.45) is 1.36. The van der Waals surface area contributed by atoms with Crippen LogP contribution in [0.4, 0.5) is 4.79 Å². The number of carbonyl (C=O) groups is 1. The van der Waals surface area contributed by atoms with Gasteiger partial charge in [0.25, 0.3) is 0 Å². The monoisotopic (exact) mass is 341 g/mol. The number of amides is 1. The highest BCUT2D eigenvalue weighted by molar-refractivity contribution is 7.94. The molecule has 1 N–H and O–H groups in total. The Morgan fingerprint density at radius 3 is 2.35 bits per heavy atom. The van der Waals surface area contributed by atoms with Gasteiger partial charge in [0, 0.05) is 12.0 Å². The number of carbonyl (C=O) groups excluding carboxylic acids is 1. The van der Waals surface area contributed by atoms with Crippen LogP contribution in [0.5, 0.6) is 5.75 Å². The van der Waals surface area contributed by atoms with Crippen LogP contribution in [0.2, 0.25) is 0 Å². The molecule has 1 amide bonds. The molecule has 1 aromatic carbocycles. The van der Waals surface area contributed by atoms with Crippen molar-refractivity contribution in [1.29, 1.82) is 0 Å². The van der Waals surface area contributed by atoms with Crippen LogP contribution in [0.3, 0.4) is 0 Å². The van der Waals surface area contributed by atoms with E-state index in [2.05, 4.69) is 5.32 Å². The Morgan fingerprint density at radius 2 is 1.83 bits per heavy atom. The van der Waals surface area contributed by atoms with Gasteiger partial charge in [-0.3, -0.25) is 0 Å². The number of nitrogens with one attached hydrogen (secondary N) is 1. The number of rotatable bonds is 6. The van der Waals surface area contributed by atoms with Crippen molar-refractivity contribution in [2.45, 2.75) is 37.7 Å². The van der Waals surface area contributed by atoms with Crippen LogP contribution in [-0.2, 0) is 14.6 Å². The summed E-state index contributed by atoms with van der Waals surface area (Å²) >= 11 is 0. The van der Waals surface area contributed by atoms with Crippen molar-refractivity contribution in [1.82, 2.24) is 5.32 Å². The number of ether oxygens (including phenoxy) is 2. The predicted molar refractivity (Wildman–Crippen MR) is 88.2 cm³/mol. The summed E-state index contributed by atoms with van der Waals surface area (Å²) in [6, 6.07) is 6.14. The molecule has 1 aromatic rings. The molecule has 1 rings (SSSR count). The van der Waals surface area contributed by atoms with E-state index < -0.39 is 21.5 Å². The van der Waals surface area contributed by atoms with Gasteiger partial charge >= 0.3 is 6.09 Å². The average Bonchev–Trinajstić information content (AvgIpc) is 2.45. The first kappa shape index (κ1) is 19.0. The summed E-state index contributed by atoms with van der Waals surface area (Å²) in [5.74, 6) is 0.592. The molecule has 0 aliphatic heterocycles. The lowest BCUT2D eigenvalue weighted by atomic mass is 10.2. The molecule has 0 aromatic heterocycles. The predicted octanol–water partition coefficient (Wildman–Crippen LogP) is 2.90. The van der Waals surface area contributed by atoms with Gasteiger partial charge in [0.1, 0.15) is 11.4 Å². The van der Waals surface area contributed by atoms with Crippen LogP contribution in [0.25, 0.3) is 0 Å². The molecule has 0 saturated heterocycles. The third-order valence-corrected chi connectivity index (χ3v) is 4.12. The molecule has 0 spiro atoms. The van der Waals surface area contributed by atoms with Gasteiger partial charge in [-0.05, 0) is 51.5 Å². The Kier molecular flexibility index (Phi) is 6.62. The second-order valence-electron chi connectivity index (χ2n) is 5.81. The molecule has 6 nitrogen and oxygen atoms in total. The van der Waals surface area contributed by atoms with Gasteiger partial charge in [-0.1, -0.05) is 6.08 Å². The van der Waals surface area contributed by atoms with E-state index in [4.69, 9.17) is 9.47 Å². The minimum Gasteiger partial charge on any atom is -0.497 e. The second kappa shape index (κ2) is 8.01. The fraction of sp³-hybridized carbons (Fsp3) is 0.438.